The summed E-state index contributed by atoms with van der Waals surface area (Å²) in [6, 6.07) is 1.82. The van der Waals surface area contributed by atoms with Crippen molar-refractivity contribution in [1.29, 1.82) is 5.26 Å². The number of nitrogens with one attached hydrogen (secondary N) is 1. The predicted molar refractivity (Wildman–Crippen MR) is 48.1 cm³/mol. The van der Waals surface area contributed by atoms with Crippen LogP contribution in [0.3, 0.4) is 0 Å². The first-order valence-corrected chi connectivity index (χ1v) is 4.24. The fraction of sp³-hybridized carbons (Fsp3) is 0.429. The van der Waals surface area contributed by atoms with Crippen LogP contribution in [0, 0.1) is 11.3 Å². The third-order valence-corrected chi connectivity index (χ3v) is 2.02. The fourth-order valence-electron chi connectivity index (χ4n) is 0.916. The summed E-state index contributed by atoms with van der Waals surface area (Å²) in [5.41, 5.74) is 0.456. The van der Waals surface area contributed by atoms with E-state index in [1.54, 1.807) is 0 Å². The fourth-order valence-corrected chi connectivity index (χ4v) is 1.12. The molecule has 0 aromatic carbocycles. The number of aromatic amines is 1. The van der Waals surface area contributed by atoms with E-state index >= 15 is 0 Å². The van der Waals surface area contributed by atoms with Crippen LogP contribution in [-0.4, -0.2) is 32.3 Å². The summed E-state index contributed by atoms with van der Waals surface area (Å²) in [6.45, 7) is 0. The zero-order valence-electron chi connectivity index (χ0n) is 6.68. The van der Waals surface area contributed by atoms with Gasteiger partial charge in [-0.2, -0.15) is 23.0 Å². The molecule has 1 rings (SSSR count). The topological polar surface area (TPSA) is 92.9 Å². The van der Waals surface area contributed by atoms with Gasteiger partial charge in [0, 0.05) is 11.3 Å². The number of rotatable bonds is 3. The lowest BCUT2D eigenvalue weighted by atomic mass is 10.1. The smallest absolute Gasteiger partial charge is 0.141 e. The molecule has 2 atom stereocenters. The maximum absolute atomic E-state index is 9.48. The Kier molecular flexibility index (Phi) is 3.31. The quantitative estimate of drug-likeness (QED) is 0.499. The van der Waals surface area contributed by atoms with Gasteiger partial charge < -0.3 is 10.2 Å². The second-order valence-corrected chi connectivity index (χ2v) is 2.87. The van der Waals surface area contributed by atoms with Crippen molar-refractivity contribution in [2.45, 2.75) is 12.2 Å². The molecule has 13 heavy (non-hydrogen) atoms. The second kappa shape index (κ2) is 4.28. The summed E-state index contributed by atoms with van der Waals surface area (Å²) >= 11 is 3.83. The predicted octanol–water partition coefficient (Wildman–Crippen LogP) is -0.395. The molecule has 0 aliphatic carbocycles. The summed E-state index contributed by atoms with van der Waals surface area (Å²) in [7, 11) is 0. The number of hydrogen-bond acceptors (Lipinski definition) is 5. The van der Waals surface area contributed by atoms with Crippen LogP contribution in [0.25, 0.3) is 0 Å². The Morgan fingerprint density at radius 3 is 2.92 bits per heavy atom. The summed E-state index contributed by atoms with van der Waals surface area (Å²) in [5.74, 6) is 0.122. The van der Waals surface area contributed by atoms with E-state index in [1.807, 2.05) is 6.07 Å². The highest BCUT2D eigenvalue weighted by Gasteiger charge is 2.21. The molecule has 1 aromatic rings. The molecule has 1 heterocycles. The van der Waals surface area contributed by atoms with E-state index in [-0.39, 0.29) is 11.4 Å². The van der Waals surface area contributed by atoms with Crippen LogP contribution in [-0.2, 0) is 0 Å². The molecular weight excluding hydrogens is 190 g/mol. The number of aliphatic hydroxyl groups excluding tert-OH is 2. The summed E-state index contributed by atoms with van der Waals surface area (Å²) in [6.07, 6.45) is -0.797. The number of nitriles is 1. The van der Waals surface area contributed by atoms with Gasteiger partial charge >= 0.3 is 0 Å². The molecule has 0 saturated heterocycles. The van der Waals surface area contributed by atoms with Crippen molar-refractivity contribution >= 4 is 12.6 Å². The first kappa shape index (κ1) is 10.1. The van der Waals surface area contributed by atoms with E-state index in [9.17, 15) is 10.2 Å². The molecule has 0 spiro atoms. The molecule has 0 saturated carbocycles. The second-order valence-electron chi connectivity index (χ2n) is 2.51. The van der Waals surface area contributed by atoms with Crippen molar-refractivity contribution in [3.63, 3.8) is 0 Å². The minimum Gasteiger partial charge on any atom is -0.389 e. The molecule has 6 heteroatoms. The first-order valence-electron chi connectivity index (χ1n) is 3.61. The number of thiol groups is 1. The lowest BCUT2D eigenvalue weighted by Crippen LogP contribution is -2.20. The average Bonchev–Trinajstić information content (AvgIpc) is 2.62. The molecule has 0 radical (unpaired) electrons. The van der Waals surface area contributed by atoms with Gasteiger partial charge in [-0.1, -0.05) is 0 Å². The third-order valence-electron chi connectivity index (χ3n) is 1.65. The highest BCUT2D eigenvalue weighted by molar-refractivity contribution is 7.80. The molecule has 0 fully saturated rings. The molecule has 0 amide bonds. The van der Waals surface area contributed by atoms with Crippen molar-refractivity contribution in [3.05, 3.63) is 17.5 Å². The largest absolute Gasteiger partial charge is 0.389 e. The third kappa shape index (κ3) is 2.01. The number of H-pyrrole nitrogens is 1. The van der Waals surface area contributed by atoms with Crippen LogP contribution >= 0.6 is 12.6 Å². The van der Waals surface area contributed by atoms with Gasteiger partial charge in [0.15, 0.2) is 0 Å². The molecule has 5 nitrogen and oxygen atoms in total. The number of aliphatic hydroxyl groups is 2. The van der Waals surface area contributed by atoms with Gasteiger partial charge in [-0.15, -0.1) is 0 Å². The van der Waals surface area contributed by atoms with Crippen molar-refractivity contribution in [2.24, 2.45) is 0 Å². The highest BCUT2D eigenvalue weighted by atomic mass is 32.1. The zero-order chi connectivity index (χ0) is 9.84. The molecule has 0 aliphatic heterocycles. The van der Waals surface area contributed by atoms with Gasteiger partial charge in [0.2, 0.25) is 0 Å². The van der Waals surface area contributed by atoms with E-state index in [4.69, 9.17) is 5.26 Å². The van der Waals surface area contributed by atoms with E-state index < -0.39 is 12.2 Å². The Morgan fingerprint density at radius 2 is 2.38 bits per heavy atom. The van der Waals surface area contributed by atoms with Gasteiger partial charge in [0.25, 0.3) is 0 Å². The average molecular weight is 199 g/mol. The minimum absolute atomic E-state index is 0.122. The summed E-state index contributed by atoms with van der Waals surface area (Å²) < 4.78 is 0. The first-order chi connectivity index (χ1) is 6.20. The zero-order valence-corrected chi connectivity index (χ0v) is 7.57. The maximum atomic E-state index is 9.48. The van der Waals surface area contributed by atoms with E-state index in [1.165, 1.54) is 6.20 Å². The van der Waals surface area contributed by atoms with Crippen LogP contribution in [0.5, 0.6) is 0 Å². The van der Waals surface area contributed by atoms with Crippen LogP contribution in [0.4, 0.5) is 0 Å². The van der Waals surface area contributed by atoms with Gasteiger partial charge in [-0.3, -0.25) is 5.10 Å². The van der Waals surface area contributed by atoms with Gasteiger partial charge in [-0.05, 0) is 0 Å². The number of hydrogen-bond donors (Lipinski definition) is 4. The van der Waals surface area contributed by atoms with Crippen molar-refractivity contribution in [2.75, 3.05) is 5.75 Å². The van der Waals surface area contributed by atoms with E-state index in [0.29, 0.717) is 5.56 Å². The summed E-state index contributed by atoms with van der Waals surface area (Å²) in [4.78, 5) is 0. The van der Waals surface area contributed by atoms with Crippen LogP contribution in [0.1, 0.15) is 17.4 Å². The van der Waals surface area contributed by atoms with Gasteiger partial charge in [0.05, 0.1) is 12.3 Å². The maximum Gasteiger partial charge on any atom is 0.141 e. The van der Waals surface area contributed by atoms with Crippen molar-refractivity contribution in [3.8, 4) is 6.07 Å². The Balaban J connectivity index is 2.89. The van der Waals surface area contributed by atoms with Gasteiger partial charge in [-0.25, -0.2) is 0 Å². The minimum atomic E-state index is -1.12. The number of nitrogens with zero attached hydrogens (tertiary/aromatic N) is 2. The monoisotopic (exact) mass is 199 g/mol. The van der Waals surface area contributed by atoms with Gasteiger partial charge in [0.1, 0.15) is 17.9 Å². The van der Waals surface area contributed by atoms with Crippen molar-refractivity contribution in [1.82, 2.24) is 10.2 Å². The van der Waals surface area contributed by atoms with E-state index in [2.05, 4.69) is 22.8 Å². The van der Waals surface area contributed by atoms with Crippen LogP contribution < -0.4 is 0 Å². The van der Waals surface area contributed by atoms with Crippen LogP contribution in [0.2, 0.25) is 0 Å². The van der Waals surface area contributed by atoms with Crippen LogP contribution in [0.15, 0.2) is 6.20 Å². The molecular formula is C7H9N3O2S. The standard InChI is InChI=1S/C7H9N3O2S/c8-1-5-4(2-9-10-5)7(12)6(11)3-13/h2,6-7,11-13H,3H2,(H,9,10). The molecule has 0 bridgehead atoms. The normalized spacial score (nSPS) is 14.9. The summed E-state index contributed by atoms with van der Waals surface area (Å²) in [5, 5.41) is 33.3. The molecule has 1 aromatic heterocycles. The Labute approximate surface area is 80.4 Å². The SMILES string of the molecule is N#Cc1[nH]ncc1C(O)C(O)CS. The molecule has 70 valence electrons. The lowest BCUT2D eigenvalue weighted by Gasteiger charge is -2.13. The Hall–Kier alpha value is -1.03. The molecule has 2 unspecified atom stereocenters. The number of aromatic nitrogens is 2. The molecule has 0 aliphatic rings. The van der Waals surface area contributed by atoms with Crippen molar-refractivity contribution < 1.29 is 10.2 Å². The lowest BCUT2D eigenvalue weighted by molar-refractivity contribution is 0.0336. The molecule has 3 N–H and O–H groups in total. The van der Waals surface area contributed by atoms with E-state index in [0.717, 1.165) is 0 Å². The Bertz CT molecular complexity index is 320. The highest BCUT2D eigenvalue weighted by Crippen LogP contribution is 2.19. The Morgan fingerprint density at radius 1 is 1.69 bits per heavy atom.